The van der Waals surface area contributed by atoms with Crippen molar-refractivity contribution in [3.8, 4) is 0 Å². The fraction of sp³-hybridized carbons (Fsp3) is 0.714. The number of aromatic nitrogens is 1. The SMILES string of the molecule is CC1(C)CN(C(=O)c2ncoc2C2CC2)CC(C(F)(F)F)O1. The van der Waals surface area contributed by atoms with E-state index in [1.807, 2.05) is 0 Å². The van der Waals surface area contributed by atoms with Crippen LogP contribution in [0.4, 0.5) is 13.2 Å². The highest BCUT2D eigenvalue weighted by molar-refractivity contribution is 5.93. The van der Waals surface area contributed by atoms with Crippen LogP contribution in [0.15, 0.2) is 10.8 Å². The lowest BCUT2D eigenvalue weighted by Gasteiger charge is -2.42. The molecule has 22 heavy (non-hydrogen) atoms. The smallest absolute Gasteiger partial charge is 0.416 e. The minimum absolute atomic E-state index is 0.0787. The van der Waals surface area contributed by atoms with Gasteiger partial charge in [0.25, 0.3) is 5.91 Å². The number of oxazole rings is 1. The summed E-state index contributed by atoms with van der Waals surface area (Å²) in [6.45, 7) is 2.63. The predicted octanol–water partition coefficient (Wildman–Crippen LogP) is 2.73. The van der Waals surface area contributed by atoms with E-state index in [0.717, 1.165) is 17.7 Å². The average molecular weight is 318 g/mol. The Hall–Kier alpha value is -1.57. The summed E-state index contributed by atoms with van der Waals surface area (Å²) in [7, 11) is 0. The Morgan fingerprint density at radius 2 is 2.09 bits per heavy atom. The Bertz CT molecular complexity index is 578. The molecule has 0 radical (unpaired) electrons. The van der Waals surface area contributed by atoms with Gasteiger partial charge < -0.3 is 14.1 Å². The molecule has 3 rings (SSSR count). The zero-order chi connectivity index (χ0) is 16.1. The molecule has 1 aromatic rings. The van der Waals surface area contributed by atoms with Crippen molar-refractivity contribution in [3.05, 3.63) is 17.8 Å². The minimum Gasteiger partial charge on any atom is -0.447 e. The van der Waals surface area contributed by atoms with Crippen molar-refractivity contribution >= 4 is 5.91 Å². The quantitative estimate of drug-likeness (QED) is 0.841. The molecule has 1 unspecified atom stereocenters. The lowest BCUT2D eigenvalue weighted by molar-refractivity contribution is -0.267. The number of alkyl halides is 3. The molecule has 1 amide bonds. The molecule has 1 atom stereocenters. The maximum absolute atomic E-state index is 13.0. The number of rotatable bonds is 2. The second kappa shape index (κ2) is 4.97. The third kappa shape index (κ3) is 2.97. The van der Waals surface area contributed by atoms with E-state index in [2.05, 4.69) is 4.98 Å². The first kappa shape index (κ1) is 15.3. The first-order chi connectivity index (χ1) is 10.2. The summed E-state index contributed by atoms with van der Waals surface area (Å²) < 4.78 is 49.3. The summed E-state index contributed by atoms with van der Waals surface area (Å²) in [5.41, 5.74) is -0.946. The molecule has 1 saturated heterocycles. The molecule has 0 spiro atoms. The molecule has 0 bridgehead atoms. The molecule has 1 aliphatic heterocycles. The third-order valence-electron chi connectivity index (χ3n) is 3.82. The Balaban J connectivity index is 1.83. The van der Waals surface area contributed by atoms with Crippen LogP contribution in [-0.4, -0.2) is 46.8 Å². The van der Waals surface area contributed by atoms with E-state index >= 15 is 0 Å². The molecule has 2 heterocycles. The standard InChI is InChI=1S/C14H17F3N2O3/c1-13(2)6-19(5-9(22-13)14(15,16)17)12(20)10-11(8-3-4-8)21-7-18-10/h7-9H,3-6H2,1-2H3. The lowest BCUT2D eigenvalue weighted by atomic mass is 10.0. The first-order valence-electron chi connectivity index (χ1n) is 7.14. The van der Waals surface area contributed by atoms with Crippen LogP contribution in [0.1, 0.15) is 48.9 Å². The highest BCUT2D eigenvalue weighted by atomic mass is 19.4. The van der Waals surface area contributed by atoms with Crippen LogP contribution in [0.5, 0.6) is 0 Å². The molecule has 2 fully saturated rings. The van der Waals surface area contributed by atoms with Gasteiger partial charge in [-0.2, -0.15) is 13.2 Å². The van der Waals surface area contributed by atoms with Gasteiger partial charge in [-0.05, 0) is 26.7 Å². The maximum atomic E-state index is 13.0. The normalized spacial score (nSPS) is 25.3. The molecular formula is C14H17F3N2O3. The number of halogens is 3. The van der Waals surface area contributed by atoms with Crippen LogP contribution in [0, 0.1) is 0 Å². The van der Waals surface area contributed by atoms with Gasteiger partial charge in [-0.3, -0.25) is 4.79 Å². The van der Waals surface area contributed by atoms with Crippen LogP contribution in [0.3, 0.4) is 0 Å². The Morgan fingerprint density at radius 3 is 2.68 bits per heavy atom. The van der Waals surface area contributed by atoms with Crippen molar-refractivity contribution in [1.29, 1.82) is 0 Å². The number of hydrogen-bond donors (Lipinski definition) is 0. The van der Waals surface area contributed by atoms with Crippen molar-refractivity contribution in [2.75, 3.05) is 13.1 Å². The summed E-state index contributed by atoms with van der Waals surface area (Å²) in [6.07, 6.45) is -3.51. The van der Waals surface area contributed by atoms with Crippen LogP contribution >= 0.6 is 0 Å². The van der Waals surface area contributed by atoms with Gasteiger partial charge in [0, 0.05) is 12.5 Å². The van der Waals surface area contributed by atoms with Gasteiger partial charge in [0.05, 0.1) is 12.1 Å². The molecule has 1 aliphatic carbocycles. The monoisotopic (exact) mass is 318 g/mol. The van der Waals surface area contributed by atoms with Gasteiger partial charge in [-0.15, -0.1) is 0 Å². The topological polar surface area (TPSA) is 55.6 Å². The number of amides is 1. The first-order valence-corrected chi connectivity index (χ1v) is 7.14. The molecule has 8 heteroatoms. The molecule has 0 N–H and O–H groups in total. The van der Waals surface area contributed by atoms with Crippen molar-refractivity contribution in [1.82, 2.24) is 9.88 Å². The van der Waals surface area contributed by atoms with Gasteiger partial charge in [0.2, 0.25) is 0 Å². The average Bonchev–Trinajstić information content (AvgIpc) is 3.12. The van der Waals surface area contributed by atoms with E-state index in [4.69, 9.17) is 9.15 Å². The largest absolute Gasteiger partial charge is 0.447 e. The molecular weight excluding hydrogens is 301 g/mol. The highest BCUT2D eigenvalue weighted by Gasteiger charge is 2.49. The number of ether oxygens (including phenoxy) is 1. The van der Waals surface area contributed by atoms with Crippen LogP contribution in [0.2, 0.25) is 0 Å². The van der Waals surface area contributed by atoms with E-state index in [1.54, 1.807) is 0 Å². The molecule has 1 saturated carbocycles. The second-order valence-corrected chi connectivity index (χ2v) is 6.43. The minimum atomic E-state index is -4.51. The fourth-order valence-corrected chi connectivity index (χ4v) is 2.71. The van der Waals surface area contributed by atoms with E-state index in [1.165, 1.54) is 20.2 Å². The third-order valence-corrected chi connectivity index (χ3v) is 3.82. The number of carbonyl (C=O) groups is 1. The van der Waals surface area contributed by atoms with Crippen LogP contribution in [-0.2, 0) is 4.74 Å². The summed E-state index contributed by atoms with van der Waals surface area (Å²) >= 11 is 0. The second-order valence-electron chi connectivity index (χ2n) is 6.43. The number of hydrogen-bond acceptors (Lipinski definition) is 4. The van der Waals surface area contributed by atoms with Gasteiger partial charge in [-0.1, -0.05) is 0 Å². The van der Waals surface area contributed by atoms with Crippen molar-refractivity contribution in [2.24, 2.45) is 0 Å². The summed E-state index contributed by atoms with van der Waals surface area (Å²) in [5, 5.41) is 0. The summed E-state index contributed by atoms with van der Waals surface area (Å²) in [5.74, 6) is 0.119. The molecule has 2 aliphatic rings. The van der Waals surface area contributed by atoms with Gasteiger partial charge in [0.15, 0.2) is 18.2 Å². The zero-order valence-electron chi connectivity index (χ0n) is 12.3. The molecule has 122 valence electrons. The van der Waals surface area contributed by atoms with Crippen LogP contribution in [0.25, 0.3) is 0 Å². The van der Waals surface area contributed by atoms with E-state index in [-0.39, 0.29) is 18.2 Å². The maximum Gasteiger partial charge on any atom is 0.416 e. The highest BCUT2D eigenvalue weighted by Crippen LogP contribution is 2.42. The van der Waals surface area contributed by atoms with Crippen molar-refractivity contribution in [3.63, 3.8) is 0 Å². The summed E-state index contributed by atoms with van der Waals surface area (Å²) in [4.78, 5) is 17.6. The molecule has 5 nitrogen and oxygen atoms in total. The molecule has 1 aromatic heterocycles. The Kier molecular flexibility index (Phi) is 3.47. The van der Waals surface area contributed by atoms with Crippen molar-refractivity contribution in [2.45, 2.75) is 50.5 Å². The lowest BCUT2D eigenvalue weighted by Crippen LogP contribution is -2.58. The summed E-state index contributed by atoms with van der Waals surface area (Å²) in [6, 6.07) is 0. The van der Waals surface area contributed by atoms with Gasteiger partial charge in [-0.25, -0.2) is 4.98 Å². The predicted molar refractivity (Wildman–Crippen MR) is 69.4 cm³/mol. The van der Waals surface area contributed by atoms with Gasteiger partial charge >= 0.3 is 6.18 Å². The van der Waals surface area contributed by atoms with E-state index < -0.39 is 30.3 Å². The Morgan fingerprint density at radius 1 is 1.41 bits per heavy atom. The number of carbonyl (C=O) groups excluding carboxylic acids is 1. The Labute approximate surface area is 125 Å². The van der Waals surface area contributed by atoms with E-state index in [0.29, 0.717) is 5.76 Å². The fourth-order valence-electron chi connectivity index (χ4n) is 2.71. The number of morpholine rings is 1. The zero-order valence-corrected chi connectivity index (χ0v) is 12.3. The van der Waals surface area contributed by atoms with Crippen molar-refractivity contribution < 1.29 is 27.1 Å². The molecule has 0 aromatic carbocycles. The van der Waals surface area contributed by atoms with Crippen LogP contribution < -0.4 is 0 Å². The van der Waals surface area contributed by atoms with Gasteiger partial charge in [0.1, 0.15) is 5.76 Å². The number of nitrogens with zero attached hydrogens (tertiary/aromatic N) is 2. The van der Waals surface area contributed by atoms with E-state index in [9.17, 15) is 18.0 Å².